The molecule has 1 N–H and O–H groups in total. The quantitative estimate of drug-likeness (QED) is 0.666. The Kier molecular flexibility index (Phi) is 3.51. The van der Waals surface area contributed by atoms with Crippen LogP contribution in [0.15, 0.2) is 0 Å². The van der Waals surface area contributed by atoms with Gasteiger partial charge in [-0.25, -0.2) is 13.6 Å². The number of hydrogen-bond donors (Lipinski definition) is 1. The fraction of sp³-hybridized carbons (Fsp3) is 0.727. The fourth-order valence-corrected chi connectivity index (χ4v) is 1.53. The molecule has 4 nitrogen and oxygen atoms in total. The van der Waals surface area contributed by atoms with Gasteiger partial charge in [0, 0.05) is 6.42 Å². The molecule has 0 aromatic rings. The summed E-state index contributed by atoms with van der Waals surface area (Å²) in [6.45, 7) is 4.20. The average molecular weight is 247 g/mol. The molecule has 1 aliphatic heterocycles. The average Bonchev–Trinajstić information content (AvgIpc) is 2.39. The van der Waals surface area contributed by atoms with Crippen LogP contribution in [0, 0.1) is 12.0 Å². The van der Waals surface area contributed by atoms with Crippen molar-refractivity contribution in [3.05, 3.63) is 0 Å². The van der Waals surface area contributed by atoms with Crippen molar-refractivity contribution in [1.29, 1.82) is 0 Å². The number of carbonyl (C=O) groups excluding carboxylic acids is 1. The summed E-state index contributed by atoms with van der Waals surface area (Å²) in [5.41, 5.74) is -0.758. The molecule has 1 unspecified atom stereocenters. The van der Waals surface area contributed by atoms with Crippen LogP contribution >= 0.6 is 0 Å². The van der Waals surface area contributed by atoms with Crippen LogP contribution in [0.1, 0.15) is 27.2 Å². The van der Waals surface area contributed by atoms with Crippen molar-refractivity contribution in [2.45, 2.75) is 44.8 Å². The number of aliphatic hydroxyl groups excluding tert-OH is 1. The lowest BCUT2D eigenvalue weighted by Gasteiger charge is -2.26. The predicted molar refractivity (Wildman–Crippen MR) is 56.0 cm³/mol. The fourth-order valence-electron chi connectivity index (χ4n) is 1.53. The van der Waals surface area contributed by atoms with Gasteiger partial charge in [0.25, 0.3) is 5.92 Å². The van der Waals surface area contributed by atoms with E-state index in [-0.39, 0.29) is 0 Å². The Morgan fingerprint density at radius 2 is 2.12 bits per heavy atom. The van der Waals surface area contributed by atoms with Gasteiger partial charge in [0.1, 0.15) is 17.7 Å². The van der Waals surface area contributed by atoms with Gasteiger partial charge in [0.2, 0.25) is 0 Å². The van der Waals surface area contributed by atoms with Crippen LogP contribution in [-0.2, 0) is 4.74 Å². The first kappa shape index (κ1) is 13.6. The molecule has 1 heterocycles. The third-order valence-electron chi connectivity index (χ3n) is 2.13. The van der Waals surface area contributed by atoms with Gasteiger partial charge in [-0.2, -0.15) is 0 Å². The number of hydrogen-bond acceptors (Lipinski definition) is 3. The molecular weight excluding hydrogens is 232 g/mol. The van der Waals surface area contributed by atoms with Crippen molar-refractivity contribution >= 4 is 6.09 Å². The van der Waals surface area contributed by atoms with Gasteiger partial charge in [0.05, 0.1) is 6.54 Å². The van der Waals surface area contributed by atoms with Crippen LogP contribution in [0.4, 0.5) is 13.6 Å². The van der Waals surface area contributed by atoms with Crippen LogP contribution in [0.25, 0.3) is 0 Å². The number of aliphatic hydroxyl groups is 1. The summed E-state index contributed by atoms with van der Waals surface area (Å²) in [6, 6.07) is -1.01. The van der Waals surface area contributed by atoms with Gasteiger partial charge in [0.15, 0.2) is 0 Å². The lowest BCUT2D eigenvalue weighted by atomic mass is 10.2. The van der Waals surface area contributed by atoms with E-state index < -0.39 is 36.6 Å². The van der Waals surface area contributed by atoms with Crippen molar-refractivity contribution in [2.75, 3.05) is 6.54 Å². The summed E-state index contributed by atoms with van der Waals surface area (Å²) in [5, 5.41) is 8.44. The highest BCUT2D eigenvalue weighted by Gasteiger charge is 2.47. The van der Waals surface area contributed by atoms with E-state index in [9.17, 15) is 13.6 Å². The van der Waals surface area contributed by atoms with Crippen LogP contribution in [0.5, 0.6) is 0 Å². The smallest absolute Gasteiger partial charge is 0.411 e. The first-order valence-electron chi connectivity index (χ1n) is 5.17. The summed E-state index contributed by atoms with van der Waals surface area (Å²) in [6.07, 6.45) is 0.134. The monoisotopic (exact) mass is 247 g/mol. The summed E-state index contributed by atoms with van der Waals surface area (Å²) >= 11 is 0. The van der Waals surface area contributed by atoms with Gasteiger partial charge in [-0.3, -0.25) is 4.90 Å². The van der Waals surface area contributed by atoms with Crippen molar-refractivity contribution in [1.82, 2.24) is 4.90 Å². The standard InChI is InChI=1S/C11H15F2NO3/c1-10(2,3)17-9(16)14-7-11(12,13)6-8(14)4-5-15/h8,15H,6-7H2,1-3H3. The van der Waals surface area contributed by atoms with Gasteiger partial charge in [-0.05, 0) is 26.7 Å². The Labute approximate surface area is 98.5 Å². The molecule has 1 amide bonds. The molecular formula is C11H15F2NO3. The van der Waals surface area contributed by atoms with Crippen molar-refractivity contribution < 1.29 is 23.4 Å². The van der Waals surface area contributed by atoms with Gasteiger partial charge >= 0.3 is 6.09 Å². The van der Waals surface area contributed by atoms with E-state index in [0.29, 0.717) is 0 Å². The molecule has 0 radical (unpaired) electrons. The lowest BCUT2D eigenvalue weighted by Crippen LogP contribution is -2.40. The van der Waals surface area contributed by atoms with Gasteiger partial charge in [-0.15, -0.1) is 0 Å². The van der Waals surface area contributed by atoms with Crippen LogP contribution < -0.4 is 0 Å². The van der Waals surface area contributed by atoms with E-state index in [1.807, 2.05) is 0 Å². The zero-order chi connectivity index (χ0) is 13.3. The third-order valence-corrected chi connectivity index (χ3v) is 2.13. The van der Waals surface area contributed by atoms with E-state index in [0.717, 1.165) is 4.90 Å². The maximum absolute atomic E-state index is 13.2. The summed E-state index contributed by atoms with van der Waals surface area (Å²) in [5.74, 6) is -0.827. The molecule has 1 saturated heterocycles. The molecule has 0 aromatic heterocycles. The molecule has 6 heteroatoms. The highest BCUT2D eigenvalue weighted by atomic mass is 19.3. The third kappa shape index (κ3) is 3.77. The predicted octanol–water partition coefficient (Wildman–Crippen LogP) is 1.96. The molecule has 0 spiro atoms. The summed E-state index contributed by atoms with van der Waals surface area (Å²) in [4.78, 5) is 12.5. The molecule has 1 fully saturated rings. The first-order chi connectivity index (χ1) is 7.64. The molecule has 96 valence electrons. The number of carbonyl (C=O) groups is 1. The van der Waals surface area contributed by atoms with Crippen molar-refractivity contribution in [3.8, 4) is 12.0 Å². The molecule has 17 heavy (non-hydrogen) atoms. The SMILES string of the molecule is CC(C)(C)OC(=O)N1CC(F)(F)CC1C#CO. The molecule has 0 aliphatic carbocycles. The Morgan fingerprint density at radius 1 is 1.53 bits per heavy atom. The minimum Gasteiger partial charge on any atom is -0.462 e. The van der Waals surface area contributed by atoms with Crippen LogP contribution in [0.2, 0.25) is 0 Å². The van der Waals surface area contributed by atoms with Crippen LogP contribution in [-0.4, -0.2) is 40.2 Å². The van der Waals surface area contributed by atoms with Crippen LogP contribution in [0.3, 0.4) is 0 Å². The van der Waals surface area contributed by atoms with Crippen molar-refractivity contribution in [2.24, 2.45) is 0 Å². The topological polar surface area (TPSA) is 49.8 Å². The Morgan fingerprint density at radius 3 is 2.59 bits per heavy atom. The number of amides is 1. The first-order valence-corrected chi connectivity index (χ1v) is 5.17. The minimum absolute atomic E-state index is 0.584. The number of nitrogens with zero attached hydrogens (tertiary/aromatic N) is 1. The zero-order valence-electron chi connectivity index (χ0n) is 9.96. The highest BCUT2D eigenvalue weighted by Crippen LogP contribution is 2.32. The maximum Gasteiger partial charge on any atom is 0.411 e. The normalized spacial score (nSPS) is 22.9. The summed E-state index contributed by atoms with van der Waals surface area (Å²) in [7, 11) is 0. The maximum atomic E-state index is 13.2. The van der Waals surface area contributed by atoms with E-state index in [4.69, 9.17) is 9.84 Å². The minimum atomic E-state index is -2.99. The Hall–Kier alpha value is -1.51. The van der Waals surface area contributed by atoms with E-state index in [1.165, 1.54) is 0 Å². The number of likely N-dealkylation sites (tertiary alicyclic amines) is 1. The molecule has 0 bridgehead atoms. The molecule has 1 atom stereocenters. The number of halogens is 2. The Balaban J connectivity index is 2.80. The molecule has 0 aromatic carbocycles. The number of alkyl halides is 2. The second-order valence-corrected chi connectivity index (χ2v) is 4.94. The zero-order valence-corrected chi connectivity index (χ0v) is 9.96. The second kappa shape index (κ2) is 4.40. The summed E-state index contributed by atoms with van der Waals surface area (Å²) < 4.78 is 31.3. The van der Waals surface area contributed by atoms with E-state index in [1.54, 1.807) is 26.9 Å². The molecule has 0 saturated carbocycles. The second-order valence-electron chi connectivity index (χ2n) is 4.94. The van der Waals surface area contributed by atoms with Crippen molar-refractivity contribution in [3.63, 3.8) is 0 Å². The lowest BCUT2D eigenvalue weighted by molar-refractivity contribution is -0.00213. The molecule has 1 rings (SSSR count). The highest BCUT2D eigenvalue weighted by molar-refractivity contribution is 5.69. The van der Waals surface area contributed by atoms with Gasteiger partial charge < -0.3 is 9.84 Å². The Bertz CT molecular complexity index is 365. The number of ether oxygens (including phenoxy) is 1. The van der Waals surface area contributed by atoms with Gasteiger partial charge in [-0.1, -0.05) is 0 Å². The molecule has 1 aliphatic rings. The largest absolute Gasteiger partial charge is 0.462 e. The van der Waals surface area contributed by atoms with E-state index >= 15 is 0 Å². The van der Waals surface area contributed by atoms with E-state index in [2.05, 4.69) is 5.92 Å². The number of rotatable bonds is 0.